The Kier molecular flexibility index (Phi) is 21.9. The molecule has 77 heavy (non-hydrogen) atoms. The lowest BCUT2D eigenvalue weighted by atomic mass is 9.77. The molecular formula is C56H75N9O11S. The summed E-state index contributed by atoms with van der Waals surface area (Å²) in [5, 5.41) is 20.3. The summed E-state index contributed by atoms with van der Waals surface area (Å²) in [7, 11) is 3.10. The highest BCUT2D eigenvalue weighted by molar-refractivity contribution is 7.13. The minimum atomic E-state index is -0.853. The van der Waals surface area contributed by atoms with E-state index in [0.717, 1.165) is 64.8 Å². The van der Waals surface area contributed by atoms with E-state index in [4.69, 9.17) is 43.1 Å². The lowest BCUT2D eigenvalue weighted by molar-refractivity contribution is -0.146. The van der Waals surface area contributed by atoms with Crippen LogP contribution < -0.4 is 35.1 Å². The fourth-order valence-electron chi connectivity index (χ4n) is 9.12. The number of hydrogen-bond acceptors (Lipinski definition) is 19. The van der Waals surface area contributed by atoms with Gasteiger partial charge in [-0.3, -0.25) is 14.4 Å². The Labute approximate surface area is 455 Å². The number of ketones is 1. The van der Waals surface area contributed by atoms with Crippen LogP contribution in [0.3, 0.4) is 0 Å². The zero-order valence-corrected chi connectivity index (χ0v) is 46.2. The fourth-order valence-corrected chi connectivity index (χ4v) is 9.93. The number of amides is 2. The summed E-state index contributed by atoms with van der Waals surface area (Å²) in [6.07, 6.45) is 3.82. The van der Waals surface area contributed by atoms with Crippen molar-refractivity contribution in [2.45, 2.75) is 78.6 Å². The number of Topliss-reactive ketones (excluding diaryl/α,β-unsaturated/α-hetero) is 1. The second-order valence-electron chi connectivity index (χ2n) is 20.0. The molecule has 2 aromatic carbocycles. The summed E-state index contributed by atoms with van der Waals surface area (Å²) < 4.78 is 39.9. The molecule has 4 N–H and O–H groups in total. The number of ether oxygens (including phenoxy) is 7. The molecule has 5 aromatic rings. The molecule has 7 rings (SSSR count). The van der Waals surface area contributed by atoms with E-state index < -0.39 is 23.5 Å². The first-order chi connectivity index (χ1) is 37.2. The van der Waals surface area contributed by atoms with E-state index in [1.807, 2.05) is 81.9 Å². The van der Waals surface area contributed by atoms with Gasteiger partial charge in [-0.2, -0.15) is 0 Å². The predicted octanol–water partition coefficient (Wildman–Crippen LogP) is 6.26. The van der Waals surface area contributed by atoms with Crippen LogP contribution in [-0.4, -0.2) is 166 Å². The fraction of sp³-hybridized carbons (Fsp3) is 0.518. The summed E-state index contributed by atoms with van der Waals surface area (Å²) in [6, 6.07) is 17.0. The molecule has 0 spiro atoms. The maximum atomic E-state index is 14.0. The molecule has 4 atom stereocenters. The first kappa shape index (κ1) is 58.4. The SMILES string of the molecule is CCC1CN(c2ccc(-c3ccnc(Nc4cc(OC)c(OC)c(OCCOCCOCCOCCOCC(=O)C[C@H](C(=O)N5C[C@H](O)C[C@H]5C(=O)NCc5ccc(-c6scnc6C)cc5)C(C)(C)C)c4)n3)cn2)CCN1. The molecule has 5 heterocycles. The van der Waals surface area contributed by atoms with Gasteiger partial charge in [0.2, 0.25) is 23.5 Å². The number of rotatable bonds is 29. The Hall–Kier alpha value is -6.33. The van der Waals surface area contributed by atoms with Gasteiger partial charge in [-0.25, -0.2) is 19.9 Å². The average Bonchev–Trinajstić information content (AvgIpc) is 4.07. The van der Waals surface area contributed by atoms with Crippen LogP contribution in [-0.2, 0) is 39.9 Å². The highest BCUT2D eigenvalue weighted by Crippen LogP contribution is 2.41. The summed E-state index contributed by atoms with van der Waals surface area (Å²) in [5.41, 5.74) is 6.38. The van der Waals surface area contributed by atoms with Crippen molar-refractivity contribution in [2.24, 2.45) is 11.3 Å². The lowest BCUT2D eigenvalue weighted by Gasteiger charge is -2.34. The Morgan fingerprint density at radius 3 is 2.21 bits per heavy atom. The van der Waals surface area contributed by atoms with Crippen LogP contribution in [0.25, 0.3) is 21.7 Å². The minimum Gasteiger partial charge on any atom is -0.493 e. The molecule has 0 aliphatic carbocycles. The number of piperazine rings is 1. The van der Waals surface area contributed by atoms with Gasteiger partial charge in [-0.05, 0) is 48.1 Å². The molecule has 0 bridgehead atoms. The van der Waals surface area contributed by atoms with Gasteiger partial charge in [0.25, 0.3) is 0 Å². The average molecular weight is 1080 g/mol. The number of carbonyl (C=O) groups excluding carboxylic acids is 3. The number of aromatic nitrogens is 4. The number of benzene rings is 2. The number of methoxy groups -OCH3 is 2. The van der Waals surface area contributed by atoms with Crippen molar-refractivity contribution in [1.82, 2.24) is 35.5 Å². The van der Waals surface area contributed by atoms with E-state index in [2.05, 4.69) is 37.7 Å². The monoisotopic (exact) mass is 1080 g/mol. The molecule has 3 aromatic heterocycles. The quantitative estimate of drug-likeness (QED) is 0.0387. The summed E-state index contributed by atoms with van der Waals surface area (Å²) in [4.78, 5) is 63.7. The number of aliphatic hydroxyl groups is 1. The third-order valence-corrected chi connectivity index (χ3v) is 14.4. The maximum Gasteiger partial charge on any atom is 0.243 e. The van der Waals surface area contributed by atoms with E-state index in [0.29, 0.717) is 68.0 Å². The first-order valence-corrected chi connectivity index (χ1v) is 27.1. The van der Waals surface area contributed by atoms with Crippen molar-refractivity contribution in [2.75, 3.05) is 110 Å². The van der Waals surface area contributed by atoms with E-state index in [-0.39, 0.29) is 70.0 Å². The molecule has 2 amide bonds. The van der Waals surface area contributed by atoms with Gasteiger partial charge in [-0.1, -0.05) is 52.0 Å². The van der Waals surface area contributed by atoms with Gasteiger partial charge in [-0.15, -0.1) is 11.3 Å². The molecule has 20 nitrogen and oxygen atoms in total. The Balaban J connectivity index is 0.754. The third kappa shape index (κ3) is 16.8. The smallest absolute Gasteiger partial charge is 0.243 e. The van der Waals surface area contributed by atoms with Crippen molar-refractivity contribution < 1.29 is 52.6 Å². The number of hydrogen-bond donors (Lipinski definition) is 4. The number of aliphatic hydroxyl groups excluding tert-OH is 1. The summed E-state index contributed by atoms with van der Waals surface area (Å²) >= 11 is 1.57. The molecule has 0 saturated carbocycles. The highest BCUT2D eigenvalue weighted by Gasteiger charge is 2.44. The van der Waals surface area contributed by atoms with Crippen LogP contribution in [0.15, 0.2) is 72.5 Å². The second kappa shape index (κ2) is 28.9. The zero-order valence-electron chi connectivity index (χ0n) is 45.4. The van der Waals surface area contributed by atoms with Crippen LogP contribution in [0, 0.1) is 18.3 Å². The number of nitrogens with zero attached hydrogens (tertiary/aromatic N) is 6. The Bertz CT molecular complexity index is 2670. The molecule has 2 aliphatic rings. The molecule has 2 saturated heterocycles. The van der Waals surface area contributed by atoms with Crippen LogP contribution in [0.1, 0.15) is 58.2 Å². The summed E-state index contributed by atoms with van der Waals surface area (Å²) in [6.45, 7) is 15.0. The number of anilines is 3. The largest absolute Gasteiger partial charge is 0.493 e. The van der Waals surface area contributed by atoms with Gasteiger partial charge >= 0.3 is 0 Å². The molecule has 2 aliphatic heterocycles. The number of β-amino-alcohol motifs (C(OH)–C–C–N with tert-alkyl or cyclic N) is 1. The Morgan fingerprint density at radius 2 is 1.56 bits per heavy atom. The Morgan fingerprint density at radius 1 is 0.857 bits per heavy atom. The molecule has 0 radical (unpaired) electrons. The van der Waals surface area contributed by atoms with Crippen LogP contribution >= 0.6 is 11.3 Å². The molecule has 2 fully saturated rings. The minimum absolute atomic E-state index is 0.0163. The van der Waals surface area contributed by atoms with E-state index in [9.17, 15) is 19.5 Å². The van der Waals surface area contributed by atoms with Crippen molar-refractivity contribution in [3.63, 3.8) is 0 Å². The predicted molar refractivity (Wildman–Crippen MR) is 294 cm³/mol. The lowest BCUT2D eigenvalue weighted by Crippen LogP contribution is -2.50. The van der Waals surface area contributed by atoms with Gasteiger partial charge in [0, 0.05) is 93.3 Å². The summed E-state index contributed by atoms with van der Waals surface area (Å²) in [5.74, 6) is 1.03. The van der Waals surface area contributed by atoms with Gasteiger partial charge < -0.3 is 64.0 Å². The second-order valence-corrected chi connectivity index (χ2v) is 20.8. The van der Waals surface area contributed by atoms with Crippen molar-refractivity contribution in [1.29, 1.82) is 0 Å². The van der Waals surface area contributed by atoms with Gasteiger partial charge in [0.15, 0.2) is 17.3 Å². The number of thiazole rings is 1. The number of carbonyl (C=O) groups is 3. The number of pyridine rings is 1. The maximum absolute atomic E-state index is 14.0. The van der Waals surface area contributed by atoms with E-state index >= 15 is 0 Å². The topological polar surface area (TPSA) is 230 Å². The van der Waals surface area contributed by atoms with E-state index in [1.165, 1.54) is 4.90 Å². The zero-order chi connectivity index (χ0) is 54.7. The number of likely N-dealkylation sites (tertiary alicyclic amines) is 1. The van der Waals surface area contributed by atoms with Crippen LogP contribution in [0.5, 0.6) is 17.2 Å². The molecule has 416 valence electrons. The van der Waals surface area contributed by atoms with Crippen LogP contribution in [0.2, 0.25) is 0 Å². The van der Waals surface area contributed by atoms with Crippen molar-refractivity contribution >= 4 is 46.4 Å². The number of nitrogens with one attached hydrogen (secondary N) is 3. The van der Waals surface area contributed by atoms with Gasteiger partial charge in [0.05, 0.1) is 88.3 Å². The molecular weight excluding hydrogens is 1010 g/mol. The third-order valence-electron chi connectivity index (χ3n) is 13.4. The molecule has 21 heteroatoms. The highest BCUT2D eigenvalue weighted by atomic mass is 32.1. The van der Waals surface area contributed by atoms with Crippen molar-refractivity contribution in [3.05, 3.63) is 83.8 Å². The molecule has 1 unspecified atom stereocenters. The van der Waals surface area contributed by atoms with Crippen LogP contribution in [0.4, 0.5) is 17.5 Å². The first-order valence-electron chi connectivity index (χ1n) is 26.3. The normalized spacial score (nSPS) is 17.0. The number of aryl methyl sites for hydroxylation is 1. The van der Waals surface area contributed by atoms with Gasteiger partial charge in [0.1, 0.15) is 25.1 Å². The van der Waals surface area contributed by atoms with E-state index in [1.54, 1.807) is 43.9 Å². The standard InChI is InChI=1S/C56H75N9O11S/c1-8-41-33-64(18-17-57-41)50-14-13-40(32-59-50)46-15-16-58-55(63-46)62-42-27-48(70-6)51(71-7)49(28-42)76-26-25-74-22-21-72-19-20-73-23-24-75-35-44(67)29-45(56(3,4)5)54(69)65-34-43(66)30-47(65)53(68)60-31-38-9-11-39(12-10-38)52-37(2)61-36-77-52/h9-16,27-28,32,36,41,43,45,47,57,66H,8,17-26,29-31,33-35H2,1-7H3,(H,60,68)(H,58,62,63)/t41?,43-,45-,47+/m1/s1. The van der Waals surface area contributed by atoms with Crippen molar-refractivity contribution in [3.8, 4) is 38.9 Å².